The molecule has 2 aliphatic rings. The van der Waals surface area contributed by atoms with Crippen molar-refractivity contribution in [1.82, 2.24) is 0 Å². The number of allylic oxidation sites excluding steroid dienone is 5. The van der Waals surface area contributed by atoms with Gasteiger partial charge in [0.05, 0.1) is 0 Å². The van der Waals surface area contributed by atoms with Crippen LogP contribution < -0.4 is 24.8 Å². The Morgan fingerprint density at radius 2 is 1.26 bits per heavy atom. The molecule has 1 unspecified atom stereocenters. The molecule has 0 N–H and O–H groups in total. The number of hydrogen-bond donors (Lipinski definition) is 0. The molecule has 0 aliphatic heterocycles. The third kappa shape index (κ3) is 8.63. The van der Waals surface area contributed by atoms with Crippen LogP contribution in [0.1, 0.15) is 86.9 Å². The molecule has 4 heteroatoms. The molecule has 0 radical (unpaired) electrons. The van der Waals surface area contributed by atoms with E-state index < -0.39 is 30.5 Å². The summed E-state index contributed by atoms with van der Waals surface area (Å²) in [5.41, 5.74) is 16.1. The zero-order valence-corrected chi connectivity index (χ0v) is 37.6. The van der Waals surface area contributed by atoms with E-state index in [1.807, 2.05) is 0 Å². The summed E-state index contributed by atoms with van der Waals surface area (Å²) in [5, 5.41) is 0. The van der Waals surface area contributed by atoms with E-state index in [0.717, 1.165) is 12.8 Å². The molecule has 50 heavy (non-hydrogen) atoms. The van der Waals surface area contributed by atoms with E-state index in [1.54, 1.807) is 3.26 Å². The summed E-state index contributed by atoms with van der Waals surface area (Å²) in [4.78, 5) is 0. The Morgan fingerprint density at radius 3 is 1.80 bits per heavy atom. The number of rotatable bonds is 8. The largest absolute Gasteiger partial charge is 1.00 e. The summed E-state index contributed by atoms with van der Waals surface area (Å²) < 4.78 is 1.59. The molecule has 0 saturated carbocycles. The van der Waals surface area contributed by atoms with Gasteiger partial charge in [-0.3, -0.25) is 0 Å². The maximum Gasteiger partial charge on any atom is -1.00 e. The standard InChI is InChI=1S/C33H43Si.C13H10.2ClH.Hf/c1-22(21-34(8,9)10)16-23-12-11-13-27(23)30-19-26(33(5,6)7)20-31-28-18-25(32(2,3)4)15-14-24(28)17-29(30)31;1-3-7-12(8-4-1)11-13-9-5-2-6-10-13;;;/h11-15,18-20H,1,16-17,21H2,2-10H3;1-10H;2*1H;/q;;;;+2/p-2. The summed E-state index contributed by atoms with van der Waals surface area (Å²) >= 11 is -1.66. The quantitative estimate of drug-likeness (QED) is 0.122. The number of halogens is 2. The van der Waals surface area contributed by atoms with Gasteiger partial charge in [-0.05, 0) is 0 Å². The average molecular weight is 883 g/mol. The topological polar surface area (TPSA) is 0 Å². The molecule has 6 rings (SSSR count). The van der Waals surface area contributed by atoms with Crippen LogP contribution in [0.25, 0.3) is 16.7 Å². The molecule has 4 aromatic rings. The van der Waals surface area contributed by atoms with E-state index in [1.165, 1.54) is 67.3 Å². The minimum atomic E-state index is -1.66. The Hall–Kier alpha value is -2.36. The molecular weight excluding hydrogens is 830 g/mol. The van der Waals surface area contributed by atoms with Gasteiger partial charge >= 0.3 is 305 Å². The van der Waals surface area contributed by atoms with Crippen LogP contribution in [-0.2, 0) is 39.7 Å². The number of fused-ring (bicyclic) bond motifs is 3. The van der Waals surface area contributed by atoms with Crippen molar-refractivity contribution < 1.29 is 47.2 Å². The number of benzene rings is 4. The first kappa shape index (κ1) is 40.4. The van der Waals surface area contributed by atoms with Gasteiger partial charge in [0.25, 0.3) is 0 Å². The monoisotopic (exact) mass is 883 g/mol. The molecule has 1 atom stereocenters. The Kier molecular flexibility index (Phi) is 12.4. The SMILES string of the molecule is C=C(C[C]1([Hf+2]=[C](c2ccccc2)c2ccccc2)C=CC=C1c1cc(C(C)(C)C)cc2c1Cc1ccc(C(C)(C)C)cc1-2)C[Si](C)(C)C.[Cl-].[Cl-]. The average Bonchev–Trinajstić information content (AvgIpc) is 3.59. The second kappa shape index (κ2) is 15.3. The Bertz CT molecular complexity index is 1910. The third-order valence-electron chi connectivity index (χ3n) is 9.95. The van der Waals surface area contributed by atoms with Crippen LogP contribution in [-0.4, -0.2) is 11.3 Å². The van der Waals surface area contributed by atoms with Gasteiger partial charge in [0.2, 0.25) is 0 Å². The van der Waals surface area contributed by atoms with Gasteiger partial charge in [0.15, 0.2) is 0 Å². The minimum absolute atomic E-state index is 0. The maximum absolute atomic E-state index is 4.82. The van der Waals surface area contributed by atoms with Crippen LogP contribution in [0, 0.1) is 0 Å². The van der Waals surface area contributed by atoms with Gasteiger partial charge in [0, 0.05) is 0 Å². The van der Waals surface area contributed by atoms with Crippen LogP contribution in [0.15, 0.2) is 121 Å². The van der Waals surface area contributed by atoms with E-state index >= 15 is 0 Å². The summed E-state index contributed by atoms with van der Waals surface area (Å²) in [6, 6.07) is 36.0. The fourth-order valence-electron chi connectivity index (χ4n) is 7.55. The molecule has 259 valence electrons. The summed E-state index contributed by atoms with van der Waals surface area (Å²) in [5.74, 6) is 0. The molecule has 0 fully saturated rings. The van der Waals surface area contributed by atoms with Crippen molar-refractivity contribution in [2.24, 2.45) is 0 Å². The predicted octanol–water partition coefficient (Wildman–Crippen LogP) is 6.61. The van der Waals surface area contributed by atoms with Crippen LogP contribution >= 0.6 is 0 Å². The molecule has 2 aliphatic carbocycles. The Morgan fingerprint density at radius 1 is 0.720 bits per heavy atom. The van der Waals surface area contributed by atoms with E-state index in [2.05, 4.69) is 170 Å². The first-order valence-electron chi connectivity index (χ1n) is 17.7. The van der Waals surface area contributed by atoms with Gasteiger partial charge in [0.1, 0.15) is 0 Å². The molecule has 4 aromatic carbocycles. The van der Waals surface area contributed by atoms with Crippen molar-refractivity contribution in [1.29, 1.82) is 0 Å². The molecule has 0 bridgehead atoms. The van der Waals surface area contributed by atoms with Crippen molar-refractivity contribution in [3.05, 3.63) is 160 Å². The predicted molar refractivity (Wildman–Crippen MR) is 210 cm³/mol. The Balaban J connectivity index is 0.00000281. The normalized spacial score (nSPS) is 16.4. The second-order valence-electron chi connectivity index (χ2n) is 17.4. The summed E-state index contributed by atoms with van der Waals surface area (Å²) in [7, 11) is -1.34. The first-order chi connectivity index (χ1) is 22.5. The van der Waals surface area contributed by atoms with Crippen molar-refractivity contribution in [3.63, 3.8) is 0 Å². The molecular formula is C46H53Cl2HfSi. The Labute approximate surface area is 327 Å². The van der Waals surface area contributed by atoms with E-state index in [4.69, 9.17) is 6.58 Å². The van der Waals surface area contributed by atoms with Crippen molar-refractivity contribution in [2.75, 3.05) is 0 Å². The summed E-state index contributed by atoms with van der Waals surface area (Å²) in [6.45, 7) is 26.4. The van der Waals surface area contributed by atoms with Crippen LogP contribution in [0.5, 0.6) is 0 Å². The molecule has 0 saturated heterocycles. The van der Waals surface area contributed by atoms with E-state index in [0.29, 0.717) is 0 Å². The van der Waals surface area contributed by atoms with Crippen molar-refractivity contribution in [3.8, 4) is 11.1 Å². The van der Waals surface area contributed by atoms with Crippen molar-refractivity contribution in [2.45, 2.75) is 94.1 Å². The zero-order valence-electron chi connectivity index (χ0n) is 31.5. The fourth-order valence-corrected chi connectivity index (χ4v) is 16.1. The maximum atomic E-state index is 4.82. The van der Waals surface area contributed by atoms with Gasteiger partial charge in [-0.1, -0.05) is 0 Å². The van der Waals surface area contributed by atoms with Gasteiger partial charge in [-0.25, -0.2) is 0 Å². The molecule has 0 nitrogen and oxygen atoms in total. The van der Waals surface area contributed by atoms with E-state index in [9.17, 15) is 0 Å². The second-order valence-corrected chi connectivity index (χ2v) is 28.8. The van der Waals surface area contributed by atoms with Crippen LogP contribution in [0.2, 0.25) is 28.9 Å². The molecule has 0 amide bonds. The van der Waals surface area contributed by atoms with Crippen molar-refractivity contribution >= 4 is 16.9 Å². The summed E-state index contributed by atoms with van der Waals surface area (Å²) in [6.07, 6.45) is 9.55. The molecule has 0 spiro atoms. The molecule has 0 aromatic heterocycles. The third-order valence-corrected chi connectivity index (χ3v) is 18.3. The molecule has 0 heterocycles. The van der Waals surface area contributed by atoms with E-state index in [-0.39, 0.29) is 38.8 Å². The van der Waals surface area contributed by atoms with Crippen LogP contribution in [0.3, 0.4) is 0 Å². The van der Waals surface area contributed by atoms with Crippen LogP contribution in [0.4, 0.5) is 0 Å². The van der Waals surface area contributed by atoms with Gasteiger partial charge in [-0.15, -0.1) is 0 Å². The fraction of sp³-hybridized carbons (Fsp3) is 0.326. The minimum Gasteiger partial charge on any atom is -1.00 e. The number of hydrogen-bond acceptors (Lipinski definition) is 0. The smallest absolute Gasteiger partial charge is 1.00 e. The van der Waals surface area contributed by atoms with Gasteiger partial charge in [-0.2, -0.15) is 0 Å². The van der Waals surface area contributed by atoms with Gasteiger partial charge < -0.3 is 24.8 Å². The zero-order chi connectivity index (χ0) is 34.5. The first-order valence-corrected chi connectivity index (χ1v) is 25.0.